The fourth-order valence-corrected chi connectivity index (χ4v) is 3.30. The van der Waals surface area contributed by atoms with Gasteiger partial charge in [-0.1, -0.05) is 38.5 Å². The van der Waals surface area contributed by atoms with Crippen molar-refractivity contribution in [2.75, 3.05) is 13.6 Å². The average Bonchev–Trinajstić information content (AvgIpc) is 2.44. The van der Waals surface area contributed by atoms with Crippen LogP contribution < -0.4 is 10.6 Å². The molecule has 0 aliphatic heterocycles. The van der Waals surface area contributed by atoms with Gasteiger partial charge in [-0.15, -0.1) is 0 Å². The average molecular weight is 288 g/mol. The molecule has 1 aromatic carbocycles. The zero-order valence-corrected chi connectivity index (χ0v) is 13.5. The van der Waals surface area contributed by atoms with Crippen LogP contribution in [-0.2, 0) is 6.42 Å². The summed E-state index contributed by atoms with van der Waals surface area (Å²) in [5.41, 5.74) is 2.30. The number of hydrogen-bond acceptors (Lipinski definition) is 2. The molecule has 3 heteroatoms. The maximum Gasteiger partial charge on any atom is 0.251 e. The SMILES string of the molecule is CNCCc1ccccc1C(=O)NC1CCCC(C)(C)C1. The third-order valence-corrected chi connectivity index (χ3v) is 4.45. The second-order valence-electron chi connectivity index (χ2n) is 6.94. The third-order valence-electron chi connectivity index (χ3n) is 4.45. The van der Waals surface area contributed by atoms with Gasteiger partial charge < -0.3 is 10.6 Å². The number of rotatable bonds is 5. The summed E-state index contributed by atoms with van der Waals surface area (Å²) in [6.45, 7) is 5.49. The minimum absolute atomic E-state index is 0.0874. The van der Waals surface area contributed by atoms with Crippen LogP contribution in [0.2, 0.25) is 0 Å². The van der Waals surface area contributed by atoms with Crippen LogP contribution in [0.25, 0.3) is 0 Å². The van der Waals surface area contributed by atoms with Gasteiger partial charge in [-0.3, -0.25) is 4.79 Å². The van der Waals surface area contributed by atoms with Crippen molar-refractivity contribution in [2.24, 2.45) is 5.41 Å². The Hall–Kier alpha value is -1.35. The fourth-order valence-electron chi connectivity index (χ4n) is 3.30. The summed E-state index contributed by atoms with van der Waals surface area (Å²) in [6, 6.07) is 8.26. The Morgan fingerprint density at radius 3 is 2.81 bits per heavy atom. The first-order valence-electron chi connectivity index (χ1n) is 8.05. The van der Waals surface area contributed by atoms with Gasteiger partial charge in [-0.25, -0.2) is 0 Å². The number of carbonyl (C=O) groups is 1. The quantitative estimate of drug-likeness (QED) is 0.874. The van der Waals surface area contributed by atoms with E-state index in [1.807, 2.05) is 25.2 Å². The first-order valence-corrected chi connectivity index (χ1v) is 8.05. The minimum atomic E-state index is 0.0874. The Morgan fingerprint density at radius 1 is 1.33 bits per heavy atom. The molecule has 1 aliphatic rings. The van der Waals surface area contributed by atoms with Crippen LogP contribution in [0.5, 0.6) is 0 Å². The van der Waals surface area contributed by atoms with Crippen LogP contribution in [0, 0.1) is 5.41 Å². The van der Waals surface area contributed by atoms with Crippen LogP contribution >= 0.6 is 0 Å². The van der Waals surface area contributed by atoms with Crippen molar-refractivity contribution in [3.8, 4) is 0 Å². The van der Waals surface area contributed by atoms with Crippen LogP contribution in [-0.4, -0.2) is 25.5 Å². The van der Waals surface area contributed by atoms with Crippen molar-refractivity contribution in [1.29, 1.82) is 0 Å². The molecule has 1 unspecified atom stereocenters. The van der Waals surface area contributed by atoms with Crippen LogP contribution in [0.1, 0.15) is 55.5 Å². The molecule has 21 heavy (non-hydrogen) atoms. The Labute approximate surface area is 128 Å². The monoisotopic (exact) mass is 288 g/mol. The van der Waals surface area contributed by atoms with Gasteiger partial charge in [-0.2, -0.15) is 0 Å². The molecular formula is C18H28N2O. The molecule has 1 atom stereocenters. The van der Waals surface area contributed by atoms with E-state index in [4.69, 9.17) is 0 Å². The highest BCUT2D eigenvalue weighted by Gasteiger charge is 2.29. The lowest BCUT2D eigenvalue weighted by Crippen LogP contribution is -2.41. The highest BCUT2D eigenvalue weighted by molar-refractivity contribution is 5.95. The number of benzene rings is 1. The maximum atomic E-state index is 12.6. The molecule has 1 amide bonds. The largest absolute Gasteiger partial charge is 0.349 e. The van der Waals surface area contributed by atoms with Gasteiger partial charge in [-0.05, 0) is 56.3 Å². The van der Waals surface area contributed by atoms with E-state index in [0.717, 1.165) is 36.9 Å². The Bertz CT molecular complexity index is 482. The normalized spacial score (nSPS) is 21.0. The minimum Gasteiger partial charge on any atom is -0.349 e. The molecule has 1 aliphatic carbocycles. The van der Waals surface area contributed by atoms with E-state index in [1.54, 1.807) is 0 Å². The second kappa shape index (κ2) is 7.08. The molecule has 2 rings (SSSR count). The molecule has 0 heterocycles. The van der Waals surface area contributed by atoms with Gasteiger partial charge in [0.05, 0.1) is 0 Å². The van der Waals surface area contributed by atoms with E-state index in [0.29, 0.717) is 11.5 Å². The van der Waals surface area contributed by atoms with Crippen molar-refractivity contribution in [3.05, 3.63) is 35.4 Å². The predicted octanol–water partition coefficient (Wildman–Crippen LogP) is 3.15. The summed E-state index contributed by atoms with van der Waals surface area (Å²) in [5.74, 6) is 0.0874. The summed E-state index contributed by atoms with van der Waals surface area (Å²) in [6.07, 6.45) is 5.54. The van der Waals surface area contributed by atoms with Gasteiger partial charge >= 0.3 is 0 Å². The predicted molar refractivity (Wildman–Crippen MR) is 87.6 cm³/mol. The van der Waals surface area contributed by atoms with Gasteiger partial charge in [0, 0.05) is 11.6 Å². The zero-order chi connectivity index (χ0) is 15.3. The molecule has 1 aromatic rings. The van der Waals surface area contributed by atoms with E-state index in [9.17, 15) is 4.79 Å². The molecule has 2 N–H and O–H groups in total. The highest BCUT2D eigenvalue weighted by Crippen LogP contribution is 2.35. The Balaban J connectivity index is 2.03. The van der Waals surface area contributed by atoms with Crippen LogP contribution in [0.15, 0.2) is 24.3 Å². The molecule has 116 valence electrons. The fraction of sp³-hybridized carbons (Fsp3) is 0.611. The van der Waals surface area contributed by atoms with Crippen molar-refractivity contribution in [2.45, 2.75) is 52.0 Å². The number of likely N-dealkylation sites (N-methyl/N-ethyl adjacent to an activating group) is 1. The standard InChI is InChI=1S/C18H28N2O/c1-18(2)11-6-8-15(13-18)20-17(21)16-9-5-4-7-14(16)10-12-19-3/h4-5,7,9,15,19H,6,8,10-13H2,1-3H3,(H,20,21). The van der Waals surface area contributed by atoms with Gasteiger partial charge in [0.25, 0.3) is 5.91 Å². The number of amides is 1. The summed E-state index contributed by atoms with van der Waals surface area (Å²) in [7, 11) is 1.94. The lowest BCUT2D eigenvalue weighted by atomic mass is 9.75. The molecular weight excluding hydrogens is 260 g/mol. The molecule has 1 fully saturated rings. The van der Waals surface area contributed by atoms with Crippen LogP contribution in [0.3, 0.4) is 0 Å². The van der Waals surface area contributed by atoms with E-state index in [1.165, 1.54) is 12.8 Å². The lowest BCUT2D eigenvalue weighted by Gasteiger charge is -2.35. The smallest absolute Gasteiger partial charge is 0.251 e. The molecule has 3 nitrogen and oxygen atoms in total. The topological polar surface area (TPSA) is 41.1 Å². The van der Waals surface area contributed by atoms with Gasteiger partial charge in [0.1, 0.15) is 0 Å². The lowest BCUT2D eigenvalue weighted by molar-refractivity contribution is 0.0901. The summed E-state index contributed by atoms with van der Waals surface area (Å²) >= 11 is 0. The number of nitrogens with one attached hydrogen (secondary N) is 2. The van der Waals surface area contributed by atoms with Gasteiger partial charge in [0.2, 0.25) is 0 Å². The van der Waals surface area contributed by atoms with Crippen molar-refractivity contribution in [1.82, 2.24) is 10.6 Å². The molecule has 0 bridgehead atoms. The van der Waals surface area contributed by atoms with E-state index >= 15 is 0 Å². The molecule has 0 radical (unpaired) electrons. The number of carbonyl (C=O) groups excluding carboxylic acids is 1. The molecule has 0 saturated heterocycles. The molecule has 1 saturated carbocycles. The first-order chi connectivity index (χ1) is 10.0. The van der Waals surface area contributed by atoms with E-state index in [2.05, 4.69) is 30.5 Å². The zero-order valence-electron chi connectivity index (χ0n) is 13.5. The van der Waals surface area contributed by atoms with Crippen molar-refractivity contribution >= 4 is 5.91 Å². The molecule has 0 spiro atoms. The molecule has 0 aromatic heterocycles. The van der Waals surface area contributed by atoms with E-state index in [-0.39, 0.29) is 5.91 Å². The summed E-state index contributed by atoms with van der Waals surface area (Å²) < 4.78 is 0. The second-order valence-corrected chi connectivity index (χ2v) is 6.94. The van der Waals surface area contributed by atoms with Crippen LogP contribution in [0.4, 0.5) is 0 Å². The maximum absolute atomic E-state index is 12.6. The van der Waals surface area contributed by atoms with E-state index < -0.39 is 0 Å². The van der Waals surface area contributed by atoms with Crippen molar-refractivity contribution < 1.29 is 4.79 Å². The van der Waals surface area contributed by atoms with Crippen molar-refractivity contribution in [3.63, 3.8) is 0 Å². The third kappa shape index (κ3) is 4.57. The van der Waals surface area contributed by atoms with Gasteiger partial charge in [0.15, 0.2) is 0 Å². The summed E-state index contributed by atoms with van der Waals surface area (Å²) in [4.78, 5) is 12.6. The summed E-state index contributed by atoms with van der Waals surface area (Å²) in [5, 5.41) is 6.39. The Kier molecular flexibility index (Phi) is 5.40. The highest BCUT2D eigenvalue weighted by atomic mass is 16.1. The Morgan fingerprint density at radius 2 is 2.10 bits per heavy atom. The first kappa shape index (κ1) is 16.0. The number of hydrogen-bond donors (Lipinski definition) is 2.